The second-order valence-electron chi connectivity index (χ2n) is 9.27. The zero-order chi connectivity index (χ0) is 21.5. The molecule has 2 bridgehead atoms. The number of urea groups is 1. The molecule has 0 radical (unpaired) electrons. The number of hydrogen-bond acceptors (Lipinski definition) is 7. The van der Waals surface area contributed by atoms with Crippen LogP contribution in [0.1, 0.15) is 33.6 Å². The molecule has 11 heteroatoms. The quantitative estimate of drug-likeness (QED) is 0.671. The highest BCUT2D eigenvalue weighted by atomic mass is 79.9. The molecule has 1 saturated carbocycles. The van der Waals surface area contributed by atoms with Crippen LogP contribution in [0, 0.1) is 11.8 Å². The van der Waals surface area contributed by atoms with Crippen LogP contribution in [0.5, 0.6) is 0 Å². The molecule has 4 rings (SSSR count). The lowest BCUT2D eigenvalue weighted by atomic mass is 9.92. The van der Waals surface area contributed by atoms with Crippen molar-refractivity contribution in [1.29, 1.82) is 0 Å². The van der Waals surface area contributed by atoms with Crippen LogP contribution in [0.4, 0.5) is 14.7 Å². The molecule has 1 aliphatic carbocycles. The smallest absolute Gasteiger partial charge is 0.410 e. The largest absolute Gasteiger partial charge is 0.444 e. The highest BCUT2D eigenvalue weighted by Gasteiger charge is 2.44. The van der Waals surface area contributed by atoms with Gasteiger partial charge >= 0.3 is 12.1 Å². The lowest BCUT2D eigenvalue weighted by molar-refractivity contribution is 0.0168. The van der Waals surface area contributed by atoms with E-state index in [4.69, 9.17) is 4.74 Å². The molecule has 30 heavy (non-hydrogen) atoms. The average molecular weight is 501 g/mol. The van der Waals surface area contributed by atoms with Crippen LogP contribution < -0.4 is 10.2 Å². The second kappa shape index (κ2) is 8.49. The SMILES string of the molecule is CC(C)(C)OC(=O)N1CCN(C(=O)NC2[C@@H]3CC[C@H]2CN(c2nnc(Br)s2)C3)CC1. The topological polar surface area (TPSA) is 90.9 Å². The molecule has 1 unspecified atom stereocenters. The number of carbonyl (C=O) groups is 2. The third-order valence-corrected chi connectivity index (χ3v) is 7.42. The van der Waals surface area contributed by atoms with Crippen molar-refractivity contribution < 1.29 is 14.3 Å². The van der Waals surface area contributed by atoms with Crippen molar-refractivity contribution in [3.05, 3.63) is 3.92 Å². The van der Waals surface area contributed by atoms with Crippen LogP contribution in [-0.2, 0) is 4.74 Å². The minimum absolute atomic E-state index is 0.0205. The first-order valence-electron chi connectivity index (χ1n) is 10.5. The molecule has 3 fully saturated rings. The van der Waals surface area contributed by atoms with Crippen molar-refractivity contribution >= 4 is 44.5 Å². The van der Waals surface area contributed by atoms with Crippen molar-refractivity contribution in [2.75, 3.05) is 44.2 Å². The number of hydrogen-bond donors (Lipinski definition) is 1. The number of nitrogens with zero attached hydrogens (tertiary/aromatic N) is 5. The van der Waals surface area contributed by atoms with E-state index in [1.54, 1.807) is 16.2 Å². The third-order valence-electron chi connectivity index (χ3n) is 6.00. The van der Waals surface area contributed by atoms with E-state index in [-0.39, 0.29) is 18.2 Å². The van der Waals surface area contributed by atoms with Crippen molar-refractivity contribution in [2.24, 2.45) is 11.8 Å². The number of piperazine rings is 1. The van der Waals surface area contributed by atoms with Gasteiger partial charge in [-0.25, -0.2) is 9.59 Å². The standard InChI is InChI=1S/C19H29BrN6O3S/c1-19(2,3)29-18(28)25-8-6-24(7-9-25)16(27)21-14-12-4-5-13(14)11-26(10-12)17-23-22-15(20)30-17/h12-14H,4-11H2,1-3H3,(H,21,27)/t12-,13+,14?. The summed E-state index contributed by atoms with van der Waals surface area (Å²) in [4.78, 5) is 30.9. The molecule has 2 aliphatic heterocycles. The Labute approximate surface area is 189 Å². The molecule has 0 aromatic carbocycles. The molecule has 0 spiro atoms. The molecule has 1 aromatic rings. The van der Waals surface area contributed by atoms with Gasteiger partial charge in [0.25, 0.3) is 0 Å². The van der Waals surface area contributed by atoms with E-state index in [0.29, 0.717) is 38.0 Å². The Morgan fingerprint density at radius 1 is 1.07 bits per heavy atom. The van der Waals surface area contributed by atoms with Crippen LogP contribution in [0.3, 0.4) is 0 Å². The summed E-state index contributed by atoms with van der Waals surface area (Å²) in [6, 6.07) is 0.182. The monoisotopic (exact) mass is 500 g/mol. The second-order valence-corrected chi connectivity index (χ2v) is 11.5. The fraction of sp³-hybridized carbons (Fsp3) is 0.789. The lowest BCUT2D eigenvalue weighted by Crippen LogP contribution is -2.58. The number of rotatable bonds is 2. The average Bonchev–Trinajstić information content (AvgIpc) is 3.20. The van der Waals surface area contributed by atoms with E-state index in [0.717, 1.165) is 35.0 Å². The fourth-order valence-electron chi connectivity index (χ4n) is 4.59. The third kappa shape index (κ3) is 4.82. The van der Waals surface area contributed by atoms with Crippen LogP contribution in [-0.4, -0.2) is 83.0 Å². The molecule has 3 aliphatic rings. The van der Waals surface area contributed by atoms with Crippen LogP contribution in [0.2, 0.25) is 0 Å². The van der Waals surface area contributed by atoms with Gasteiger partial charge in [-0.2, -0.15) is 0 Å². The van der Waals surface area contributed by atoms with Gasteiger partial charge in [0.05, 0.1) is 0 Å². The molecule has 9 nitrogen and oxygen atoms in total. The summed E-state index contributed by atoms with van der Waals surface area (Å²) in [5.74, 6) is 0.858. The highest BCUT2D eigenvalue weighted by Crippen LogP contribution is 2.39. The number of carbonyl (C=O) groups excluding carboxylic acids is 2. The predicted molar refractivity (Wildman–Crippen MR) is 118 cm³/mol. The van der Waals surface area contributed by atoms with E-state index >= 15 is 0 Å². The maximum Gasteiger partial charge on any atom is 0.410 e. The maximum absolute atomic E-state index is 12.9. The Morgan fingerprint density at radius 2 is 1.67 bits per heavy atom. The molecule has 3 atom stereocenters. The molecule has 3 heterocycles. The number of piperidine rings is 1. The summed E-state index contributed by atoms with van der Waals surface area (Å²) in [6.45, 7) is 9.43. The van der Waals surface area contributed by atoms with Gasteiger partial charge in [0.2, 0.25) is 5.13 Å². The van der Waals surface area contributed by atoms with Crippen molar-refractivity contribution in [3.8, 4) is 0 Å². The molecular weight excluding hydrogens is 472 g/mol. The Bertz CT molecular complexity index is 777. The Balaban J connectivity index is 1.28. The fourth-order valence-corrected chi connectivity index (χ4v) is 5.70. The van der Waals surface area contributed by atoms with Crippen molar-refractivity contribution in [2.45, 2.75) is 45.3 Å². The number of aromatic nitrogens is 2. The molecular formula is C19H29BrN6O3S. The highest BCUT2D eigenvalue weighted by molar-refractivity contribution is 9.11. The number of ether oxygens (including phenoxy) is 1. The van der Waals surface area contributed by atoms with Gasteiger partial charge in [-0.15, -0.1) is 10.2 Å². The first-order valence-corrected chi connectivity index (χ1v) is 12.1. The lowest BCUT2D eigenvalue weighted by Gasteiger charge is -2.40. The Kier molecular flexibility index (Phi) is 6.11. The molecule has 166 valence electrons. The first-order chi connectivity index (χ1) is 14.2. The van der Waals surface area contributed by atoms with Gasteiger partial charge in [-0.3, -0.25) is 0 Å². The Morgan fingerprint density at radius 3 is 2.20 bits per heavy atom. The molecule has 2 saturated heterocycles. The van der Waals surface area contributed by atoms with E-state index in [9.17, 15) is 9.59 Å². The number of nitrogens with one attached hydrogen (secondary N) is 1. The number of amides is 3. The zero-order valence-electron chi connectivity index (χ0n) is 17.6. The van der Waals surface area contributed by atoms with E-state index in [1.165, 1.54) is 0 Å². The Hall–Kier alpha value is -1.62. The van der Waals surface area contributed by atoms with Gasteiger partial charge in [0.1, 0.15) is 5.60 Å². The van der Waals surface area contributed by atoms with Gasteiger partial charge in [0.15, 0.2) is 3.92 Å². The van der Waals surface area contributed by atoms with Crippen LogP contribution >= 0.6 is 27.3 Å². The number of fused-ring (bicyclic) bond motifs is 2. The van der Waals surface area contributed by atoms with Gasteiger partial charge in [0, 0.05) is 45.3 Å². The number of halogens is 1. The summed E-state index contributed by atoms with van der Waals surface area (Å²) in [5, 5.41) is 12.5. The number of anilines is 1. The van der Waals surface area contributed by atoms with E-state index in [1.807, 2.05) is 25.7 Å². The summed E-state index contributed by atoms with van der Waals surface area (Å²) >= 11 is 4.94. The summed E-state index contributed by atoms with van der Waals surface area (Å²) in [7, 11) is 0. The normalized spacial score (nSPS) is 26.7. The molecule has 1 N–H and O–H groups in total. The first kappa shape index (κ1) is 21.6. The minimum atomic E-state index is -0.509. The van der Waals surface area contributed by atoms with Crippen LogP contribution in [0.25, 0.3) is 0 Å². The van der Waals surface area contributed by atoms with Gasteiger partial charge in [-0.1, -0.05) is 11.3 Å². The molecule has 3 amide bonds. The van der Waals surface area contributed by atoms with Crippen molar-refractivity contribution in [1.82, 2.24) is 25.3 Å². The molecule has 1 aromatic heterocycles. The van der Waals surface area contributed by atoms with Crippen LogP contribution in [0.15, 0.2) is 3.92 Å². The van der Waals surface area contributed by atoms with Crippen molar-refractivity contribution in [3.63, 3.8) is 0 Å². The van der Waals surface area contributed by atoms with E-state index < -0.39 is 5.60 Å². The summed E-state index contributed by atoms with van der Waals surface area (Å²) < 4.78 is 6.23. The zero-order valence-corrected chi connectivity index (χ0v) is 20.0. The summed E-state index contributed by atoms with van der Waals surface area (Å²) in [6.07, 6.45) is 1.94. The van der Waals surface area contributed by atoms with E-state index in [2.05, 4.69) is 36.3 Å². The predicted octanol–water partition coefficient (Wildman–Crippen LogP) is 2.78. The summed E-state index contributed by atoms with van der Waals surface area (Å²) in [5.41, 5.74) is -0.509. The van der Waals surface area contributed by atoms with Gasteiger partial charge in [-0.05, 0) is 61.4 Å². The maximum atomic E-state index is 12.9. The minimum Gasteiger partial charge on any atom is -0.444 e. The van der Waals surface area contributed by atoms with Gasteiger partial charge < -0.3 is 24.8 Å².